The zero-order valence-electron chi connectivity index (χ0n) is 16.5. The minimum atomic E-state index is -3.86. The number of carbonyl (C=O) groups is 1. The van der Waals surface area contributed by atoms with E-state index >= 15 is 0 Å². The number of benzene rings is 3. The quantitative estimate of drug-likeness (QED) is 0.343. The first-order valence-corrected chi connectivity index (χ1v) is 12.0. The average molecular weight is 534 g/mol. The first kappa shape index (κ1) is 24.5. The molecule has 11 heteroatoms. The van der Waals surface area contributed by atoms with E-state index in [1.807, 2.05) is 6.92 Å². The number of carbonyl (C=O) groups excluding carboxylic acids is 1. The molecule has 3 aromatic rings. The minimum absolute atomic E-state index is 0.0251. The topological polar surface area (TPSA) is 84.5 Å². The van der Waals surface area contributed by atoms with Gasteiger partial charge in [-0.05, 0) is 49.4 Å². The van der Waals surface area contributed by atoms with Crippen LogP contribution in [0.3, 0.4) is 0 Å². The van der Waals surface area contributed by atoms with Crippen molar-refractivity contribution in [3.05, 3.63) is 80.3 Å². The molecule has 6 nitrogen and oxygen atoms in total. The summed E-state index contributed by atoms with van der Waals surface area (Å²) < 4.78 is 33.1. The Kier molecular flexibility index (Phi) is 7.79. The predicted octanol–water partition coefficient (Wildman–Crippen LogP) is 6.43. The van der Waals surface area contributed by atoms with E-state index in [0.29, 0.717) is 5.69 Å². The van der Waals surface area contributed by atoms with Gasteiger partial charge >= 0.3 is 0 Å². The number of aryl methyl sites for hydroxylation is 1. The molecule has 0 aliphatic rings. The largest absolute Gasteiger partial charge is 0.482 e. The van der Waals surface area contributed by atoms with Gasteiger partial charge in [0.2, 0.25) is 0 Å². The Balaban J connectivity index is 1.65. The van der Waals surface area contributed by atoms with Crippen molar-refractivity contribution in [3.63, 3.8) is 0 Å². The van der Waals surface area contributed by atoms with Gasteiger partial charge in [-0.25, -0.2) is 8.42 Å². The average Bonchev–Trinajstić information content (AvgIpc) is 2.72. The molecule has 0 aromatic heterocycles. The van der Waals surface area contributed by atoms with Crippen molar-refractivity contribution in [1.29, 1.82) is 0 Å². The minimum Gasteiger partial charge on any atom is -0.482 e. The molecule has 0 unspecified atom stereocenters. The number of hydrogen-bond acceptors (Lipinski definition) is 4. The number of hydrogen-bond donors (Lipinski definition) is 2. The lowest BCUT2D eigenvalue weighted by Crippen LogP contribution is -2.20. The van der Waals surface area contributed by atoms with E-state index in [0.717, 1.165) is 5.56 Å². The highest BCUT2D eigenvalue weighted by molar-refractivity contribution is 7.92. The molecule has 0 aliphatic heterocycles. The van der Waals surface area contributed by atoms with Crippen LogP contribution in [0, 0.1) is 6.92 Å². The molecule has 32 heavy (non-hydrogen) atoms. The Morgan fingerprint density at radius 2 is 1.53 bits per heavy atom. The van der Waals surface area contributed by atoms with Crippen molar-refractivity contribution in [2.45, 2.75) is 11.8 Å². The lowest BCUT2D eigenvalue weighted by atomic mass is 10.2. The van der Waals surface area contributed by atoms with Gasteiger partial charge < -0.3 is 10.1 Å². The summed E-state index contributed by atoms with van der Waals surface area (Å²) >= 11 is 24.0. The third kappa shape index (κ3) is 6.21. The normalized spacial score (nSPS) is 11.2. The van der Waals surface area contributed by atoms with Gasteiger partial charge in [0.1, 0.15) is 5.75 Å². The maximum absolute atomic E-state index is 12.6. The summed E-state index contributed by atoms with van der Waals surface area (Å²) in [5.41, 5.74) is 1.69. The van der Waals surface area contributed by atoms with E-state index in [-0.39, 0.29) is 36.4 Å². The fourth-order valence-corrected chi connectivity index (χ4v) is 4.53. The number of halogens is 4. The summed E-state index contributed by atoms with van der Waals surface area (Å²) in [6.07, 6.45) is 0. The molecule has 2 N–H and O–H groups in total. The second kappa shape index (κ2) is 10.2. The van der Waals surface area contributed by atoms with Crippen LogP contribution in [0.5, 0.6) is 5.75 Å². The third-order valence-electron chi connectivity index (χ3n) is 4.16. The zero-order chi connectivity index (χ0) is 23.5. The molecular weight excluding hydrogens is 518 g/mol. The summed E-state index contributed by atoms with van der Waals surface area (Å²) in [6, 6.07) is 13.6. The monoisotopic (exact) mass is 532 g/mol. The highest BCUT2D eigenvalue weighted by Gasteiger charge is 2.17. The molecule has 0 atom stereocenters. The molecule has 168 valence electrons. The zero-order valence-corrected chi connectivity index (χ0v) is 20.3. The van der Waals surface area contributed by atoms with Gasteiger partial charge in [-0.2, -0.15) is 0 Å². The van der Waals surface area contributed by atoms with E-state index in [1.165, 1.54) is 30.3 Å². The lowest BCUT2D eigenvalue weighted by Gasteiger charge is -2.12. The highest BCUT2D eigenvalue weighted by atomic mass is 35.5. The molecule has 0 spiro atoms. The third-order valence-corrected chi connectivity index (χ3v) is 6.87. The second-order valence-electron chi connectivity index (χ2n) is 6.65. The molecule has 1 amide bonds. The summed E-state index contributed by atoms with van der Waals surface area (Å²) in [7, 11) is -3.86. The first-order chi connectivity index (χ1) is 15.0. The van der Waals surface area contributed by atoms with Crippen LogP contribution in [-0.4, -0.2) is 20.9 Å². The molecule has 0 saturated carbocycles. The van der Waals surface area contributed by atoms with Crippen molar-refractivity contribution < 1.29 is 17.9 Å². The number of rotatable bonds is 7. The number of ether oxygens (including phenoxy) is 1. The van der Waals surface area contributed by atoms with E-state index in [2.05, 4.69) is 10.0 Å². The molecule has 3 rings (SSSR count). The number of sulfonamides is 1. The van der Waals surface area contributed by atoms with Crippen LogP contribution in [-0.2, 0) is 14.8 Å². The van der Waals surface area contributed by atoms with Gasteiger partial charge in [0.05, 0.1) is 30.7 Å². The molecule has 0 fully saturated rings. The van der Waals surface area contributed by atoms with Crippen molar-refractivity contribution >= 4 is 73.7 Å². The molecular formula is C21H16Cl4N2O4S. The fourth-order valence-electron chi connectivity index (χ4n) is 2.55. The van der Waals surface area contributed by atoms with Gasteiger partial charge in [0, 0.05) is 5.69 Å². The molecule has 3 aromatic carbocycles. The SMILES string of the molecule is Cc1ccc(NS(=O)(=O)c2ccc(OCC(=O)Nc3cc(Cl)c(Cl)cc3Cl)c(Cl)c2)cc1. The van der Waals surface area contributed by atoms with Crippen LogP contribution < -0.4 is 14.8 Å². The van der Waals surface area contributed by atoms with Crippen molar-refractivity contribution in [2.24, 2.45) is 0 Å². The van der Waals surface area contributed by atoms with E-state index in [1.54, 1.807) is 24.3 Å². The second-order valence-corrected chi connectivity index (χ2v) is 9.96. The standard InChI is InChI=1S/C21H16Cl4N2O4S/c1-12-2-4-13(5-3-12)27-32(29,30)14-6-7-20(18(25)8-14)31-11-21(28)26-19-10-16(23)15(22)9-17(19)24/h2-10,27H,11H2,1H3,(H,26,28). The lowest BCUT2D eigenvalue weighted by molar-refractivity contribution is -0.118. The van der Waals surface area contributed by atoms with Crippen LogP contribution in [0.1, 0.15) is 5.56 Å². The van der Waals surface area contributed by atoms with Crippen LogP contribution >= 0.6 is 46.4 Å². The number of amides is 1. The van der Waals surface area contributed by atoms with Gasteiger partial charge in [-0.3, -0.25) is 9.52 Å². The molecule has 0 aliphatic carbocycles. The maximum atomic E-state index is 12.6. The van der Waals surface area contributed by atoms with Gasteiger partial charge in [-0.15, -0.1) is 0 Å². The Bertz CT molecular complexity index is 1270. The van der Waals surface area contributed by atoms with E-state index in [4.69, 9.17) is 51.1 Å². The molecule has 0 bridgehead atoms. The van der Waals surface area contributed by atoms with Crippen LogP contribution in [0.15, 0.2) is 59.5 Å². The van der Waals surface area contributed by atoms with Crippen molar-refractivity contribution in [2.75, 3.05) is 16.6 Å². The van der Waals surface area contributed by atoms with Crippen LogP contribution in [0.4, 0.5) is 11.4 Å². The summed E-state index contributed by atoms with van der Waals surface area (Å²) in [4.78, 5) is 12.1. The van der Waals surface area contributed by atoms with Crippen LogP contribution in [0.25, 0.3) is 0 Å². The fraction of sp³-hybridized carbons (Fsp3) is 0.0952. The Morgan fingerprint density at radius 1 is 0.875 bits per heavy atom. The number of nitrogens with one attached hydrogen (secondary N) is 2. The Labute approximate surface area is 205 Å². The Morgan fingerprint density at radius 3 is 2.19 bits per heavy atom. The van der Waals surface area contributed by atoms with E-state index in [9.17, 15) is 13.2 Å². The molecule has 0 radical (unpaired) electrons. The highest BCUT2D eigenvalue weighted by Crippen LogP contribution is 2.32. The van der Waals surface area contributed by atoms with Gasteiger partial charge in [-0.1, -0.05) is 64.1 Å². The van der Waals surface area contributed by atoms with Crippen molar-refractivity contribution in [3.8, 4) is 5.75 Å². The van der Waals surface area contributed by atoms with E-state index < -0.39 is 22.5 Å². The molecule has 0 heterocycles. The molecule has 0 saturated heterocycles. The van der Waals surface area contributed by atoms with Crippen molar-refractivity contribution in [1.82, 2.24) is 0 Å². The predicted molar refractivity (Wildman–Crippen MR) is 129 cm³/mol. The number of anilines is 2. The summed E-state index contributed by atoms with van der Waals surface area (Å²) in [5.74, 6) is -0.393. The smallest absolute Gasteiger partial charge is 0.262 e. The summed E-state index contributed by atoms with van der Waals surface area (Å²) in [6.45, 7) is 1.50. The summed E-state index contributed by atoms with van der Waals surface area (Å²) in [5, 5.41) is 3.26. The maximum Gasteiger partial charge on any atom is 0.262 e. The van der Waals surface area contributed by atoms with Gasteiger partial charge in [0.15, 0.2) is 6.61 Å². The Hall–Kier alpha value is -2.16. The van der Waals surface area contributed by atoms with Gasteiger partial charge in [0.25, 0.3) is 15.9 Å². The first-order valence-electron chi connectivity index (χ1n) is 9.01. The van der Waals surface area contributed by atoms with Crippen LogP contribution in [0.2, 0.25) is 20.1 Å².